The van der Waals surface area contributed by atoms with Crippen molar-refractivity contribution < 1.29 is 9.53 Å². The van der Waals surface area contributed by atoms with Crippen molar-refractivity contribution in [2.75, 3.05) is 49.6 Å². The van der Waals surface area contributed by atoms with Crippen molar-refractivity contribution in [3.63, 3.8) is 0 Å². The number of urea groups is 1. The summed E-state index contributed by atoms with van der Waals surface area (Å²) in [7, 11) is 0. The molecule has 1 aromatic rings. The summed E-state index contributed by atoms with van der Waals surface area (Å²) < 4.78 is 5.23. The van der Waals surface area contributed by atoms with Gasteiger partial charge in [-0.25, -0.2) is 9.78 Å². The van der Waals surface area contributed by atoms with Crippen LogP contribution in [0.3, 0.4) is 0 Å². The van der Waals surface area contributed by atoms with E-state index < -0.39 is 0 Å². The first-order chi connectivity index (χ1) is 9.74. The van der Waals surface area contributed by atoms with Crippen LogP contribution in [0.4, 0.5) is 16.3 Å². The second-order valence-electron chi connectivity index (χ2n) is 4.61. The zero-order valence-electron chi connectivity index (χ0n) is 12.1. The Hall–Kier alpha value is -1.82. The molecule has 6 heteroatoms. The van der Waals surface area contributed by atoms with Crippen molar-refractivity contribution in [3.05, 3.63) is 18.3 Å². The third kappa shape index (κ3) is 3.60. The van der Waals surface area contributed by atoms with E-state index in [2.05, 4.69) is 29.0 Å². The number of nitrogens with one attached hydrogen (secondary N) is 1. The number of pyridine rings is 1. The Labute approximate surface area is 119 Å². The first-order valence-electron chi connectivity index (χ1n) is 7.09. The van der Waals surface area contributed by atoms with E-state index in [0.29, 0.717) is 26.3 Å². The lowest BCUT2D eigenvalue weighted by atomic mass is 10.3. The number of morpholine rings is 1. The zero-order chi connectivity index (χ0) is 14.4. The van der Waals surface area contributed by atoms with Gasteiger partial charge in [0, 0.05) is 26.2 Å². The lowest BCUT2D eigenvalue weighted by Crippen LogP contribution is -2.43. The third-order valence-electron chi connectivity index (χ3n) is 3.38. The smallest absolute Gasteiger partial charge is 0.322 e. The van der Waals surface area contributed by atoms with Crippen LogP contribution in [0, 0.1) is 0 Å². The summed E-state index contributed by atoms with van der Waals surface area (Å²) >= 11 is 0. The number of rotatable bonds is 4. The summed E-state index contributed by atoms with van der Waals surface area (Å²) in [5.41, 5.74) is 0.720. The van der Waals surface area contributed by atoms with Gasteiger partial charge < -0.3 is 19.9 Å². The van der Waals surface area contributed by atoms with E-state index in [1.54, 1.807) is 11.1 Å². The van der Waals surface area contributed by atoms with Gasteiger partial charge in [0.1, 0.15) is 5.82 Å². The number of nitrogens with zero attached hydrogens (tertiary/aromatic N) is 3. The summed E-state index contributed by atoms with van der Waals surface area (Å²) in [6.45, 7) is 8.51. The average Bonchev–Trinajstić information content (AvgIpc) is 2.51. The average molecular weight is 278 g/mol. The Kier molecular flexibility index (Phi) is 5.17. The maximum absolute atomic E-state index is 12.0. The second kappa shape index (κ2) is 7.09. The minimum Gasteiger partial charge on any atom is -0.378 e. The molecule has 2 rings (SSSR count). The molecule has 1 aliphatic rings. The number of aromatic nitrogens is 1. The van der Waals surface area contributed by atoms with Crippen molar-refractivity contribution >= 4 is 17.5 Å². The van der Waals surface area contributed by atoms with Crippen molar-refractivity contribution in [1.29, 1.82) is 0 Å². The number of ether oxygens (including phenoxy) is 1. The van der Waals surface area contributed by atoms with E-state index in [1.165, 1.54) is 0 Å². The molecule has 2 amide bonds. The largest absolute Gasteiger partial charge is 0.378 e. The van der Waals surface area contributed by atoms with Gasteiger partial charge in [-0.3, -0.25) is 0 Å². The van der Waals surface area contributed by atoms with Crippen LogP contribution in [0.5, 0.6) is 0 Å². The predicted octanol–water partition coefficient (Wildman–Crippen LogP) is 1.79. The van der Waals surface area contributed by atoms with Crippen molar-refractivity contribution in [2.45, 2.75) is 13.8 Å². The van der Waals surface area contributed by atoms with Crippen LogP contribution in [0.1, 0.15) is 13.8 Å². The molecule has 0 unspecified atom stereocenters. The lowest BCUT2D eigenvalue weighted by Gasteiger charge is -2.27. The van der Waals surface area contributed by atoms with Gasteiger partial charge in [-0.05, 0) is 26.0 Å². The maximum Gasteiger partial charge on any atom is 0.322 e. The molecule has 1 saturated heterocycles. The molecule has 6 nitrogen and oxygen atoms in total. The first-order valence-corrected chi connectivity index (χ1v) is 7.09. The molecule has 0 aliphatic carbocycles. The van der Waals surface area contributed by atoms with E-state index in [0.717, 1.165) is 24.6 Å². The quantitative estimate of drug-likeness (QED) is 0.912. The molecule has 0 aromatic carbocycles. The number of amides is 2. The molecule has 1 fully saturated rings. The van der Waals surface area contributed by atoms with Crippen LogP contribution in [0.25, 0.3) is 0 Å². The van der Waals surface area contributed by atoms with Crippen LogP contribution in [-0.4, -0.2) is 55.3 Å². The molecule has 1 aliphatic heterocycles. The van der Waals surface area contributed by atoms with Gasteiger partial charge in [0.05, 0.1) is 25.1 Å². The molecule has 110 valence electrons. The number of hydrogen-bond acceptors (Lipinski definition) is 4. The highest BCUT2D eigenvalue weighted by Gasteiger charge is 2.16. The Morgan fingerprint density at radius 1 is 1.35 bits per heavy atom. The van der Waals surface area contributed by atoms with E-state index in [1.807, 2.05) is 12.1 Å². The molecule has 20 heavy (non-hydrogen) atoms. The van der Waals surface area contributed by atoms with E-state index >= 15 is 0 Å². The van der Waals surface area contributed by atoms with E-state index in [-0.39, 0.29) is 6.03 Å². The maximum atomic E-state index is 12.0. The van der Waals surface area contributed by atoms with Crippen molar-refractivity contribution in [1.82, 2.24) is 9.88 Å². The summed E-state index contributed by atoms with van der Waals surface area (Å²) in [6, 6.07) is 3.73. The van der Waals surface area contributed by atoms with Crippen LogP contribution in [0.2, 0.25) is 0 Å². The van der Waals surface area contributed by atoms with Crippen LogP contribution in [0.15, 0.2) is 18.3 Å². The van der Waals surface area contributed by atoms with Crippen molar-refractivity contribution in [3.8, 4) is 0 Å². The Balaban J connectivity index is 1.94. The number of hydrogen-bond donors (Lipinski definition) is 1. The second-order valence-corrected chi connectivity index (χ2v) is 4.61. The summed E-state index contributed by atoms with van der Waals surface area (Å²) in [4.78, 5) is 20.3. The van der Waals surface area contributed by atoms with Gasteiger partial charge in [-0.2, -0.15) is 0 Å². The highest BCUT2D eigenvalue weighted by atomic mass is 16.5. The zero-order valence-corrected chi connectivity index (χ0v) is 12.1. The molecule has 0 atom stereocenters. The molecule has 1 N–H and O–H groups in total. The summed E-state index contributed by atoms with van der Waals surface area (Å²) in [5.74, 6) is 0.930. The fraction of sp³-hybridized carbons (Fsp3) is 0.571. The van der Waals surface area contributed by atoms with E-state index in [9.17, 15) is 4.79 Å². The molecular weight excluding hydrogens is 256 g/mol. The number of carbonyl (C=O) groups is 1. The molecule has 2 heterocycles. The monoisotopic (exact) mass is 278 g/mol. The van der Waals surface area contributed by atoms with Crippen LogP contribution >= 0.6 is 0 Å². The number of anilines is 2. The highest BCUT2D eigenvalue weighted by Crippen LogP contribution is 2.14. The molecule has 0 bridgehead atoms. The predicted molar refractivity (Wildman–Crippen MR) is 79.2 cm³/mol. The Bertz CT molecular complexity index is 425. The SMILES string of the molecule is CCN(CC)c1ccc(NC(=O)N2CCOCC2)cn1. The van der Waals surface area contributed by atoms with Crippen LogP contribution in [-0.2, 0) is 4.74 Å². The minimum absolute atomic E-state index is 0.0920. The molecule has 1 aromatic heterocycles. The topological polar surface area (TPSA) is 57.7 Å². The van der Waals surface area contributed by atoms with Gasteiger partial charge in [-0.15, -0.1) is 0 Å². The summed E-state index contributed by atoms with van der Waals surface area (Å²) in [5, 5.41) is 2.86. The van der Waals surface area contributed by atoms with Crippen LogP contribution < -0.4 is 10.2 Å². The number of carbonyl (C=O) groups excluding carboxylic acids is 1. The first kappa shape index (κ1) is 14.6. The lowest BCUT2D eigenvalue weighted by molar-refractivity contribution is 0.0564. The normalized spacial score (nSPS) is 15.0. The fourth-order valence-corrected chi connectivity index (χ4v) is 2.16. The Morgan fingerprint density at radius 2 is 2.05 bits per heavy atom. The molecule has 0 radical (unpaired) electrons. The van der Waals surface area contributed by atoms with Gasteiger partial charge in [0.2, 0.25) is 0 Å². The molecule has 0 saturated carbocycles. The summed E-state index contributed by atoms with van der Waals surface area (Å²) in [6.07, 6.45) is 1.70. The van der Waals surface area contributed by atoms with Crippen molar-refractivity contribution in [2.24, 2.45) is 0 Å². The third-order valence-corrected chi connectivity index (χ3v) is 3.38. The highest BCUT2D eigenvalue weighted by molar-refractivity contribution is 5.89. The van der Waals surface area contributed by atoms with Gasteiger partial charge in [-0.1, -0.05) is 0 Å². The Morgan fingerprint density at radius 3 is 2.60 bits per heavy atom. The fourth-order valence-electron chi connectivity index (χ4n) is 2.16. The van der Waals surface area contributed by atoms with Gasteiger partial charge >= 0.3 is 6.03 Å². The van der Waals surface area contributed by atoms with E-state index in [4.69, 9.17) is 4.74 Å². The molecule has 0 spiro atoms. The van der Waals surface area contributed by atoms with Gasteiger partial charge in [0.25, 0.3) is 0 Å². The minimum atomic E-state index is -0.0920. The molecular formula is C14H22N4O2. The van der Waals surface area contributed by atoms with Gasteiger partial charge in [0.15, 0.2) is 0 Å². The standard InChI is InChI=1S/C14H22N4O2/c1-3-17(4-2)13-6-5-12(11-15-13)16-14(19)18-7-9-20-10-8-18/h5-6,11H,3-4,7-10H2,1-2H3,(H,16,19).